The summed E-state index contributed by atoms with van der Waals surface area (Å²) in [5.74, 6) is -0.436. The minimum atomic E-state index is -0.644. The van der Waals surface area contributed by atoms with Crippen LogP contribution in [-0.2, 0) is 20.7 Å². The van der Waals surface area contributed by atoms with Crippen LogP contribution in [0.15, 0.2) is 17.2 Å². The van der Waals surface area contributed by atoms with E-state index in [-0.39, 0.29) is 12.1 Å². The van der Waals surface area contributed by atoms with Crippen molar-refractivity contribution in [3.8, 4) is 0 Å². The van der Waals surface area contributed by atoms with Gasteiger partial charge in [-0.05, 0) is 56.5 Å². The molecule has 1 rings (SSSR count). The normalized spacial score (nSPS) is 10.5. The zero-order chi connectivity index (χ0) is 17.6. The first-order valence-corrected chi connectivity index (χ1v) is 6.91. The highest BCUT2D eigenvalue weighted by Gasteiger charge is 2.18. The Kier molecular flexibility index (Phi) is 5.98. The quantitative estimate of drug-likeness (QED) is 0.391. The van der Waals surface area contributed by atoms with Crippen molar-refractivity contribution in [1.82, 2.24) is 0 Å². The molecule has 0 atom stereocenters. The van der Waals surface area contributed by atoms with Gasteiger partial charge < -0.3 is 9.47 Å². The number of carbonyl (C=O) groups is 2. The molecular weight excluding hydrogens is 300 g/mol. The van der Waals surface area contributed by atoms with E-state index >= 15 is 0 Å². The summed E-state index contributed by atoms with van der Waals surface area (Å²) in [6.07, 6.45) is -0.636. The molecule has 0 spiro atoms. The third kappa shape index (κ3) is 5.88. The predicted molar refractivity (Wildman–Crippen MR) is 85.6 cm³/mol. The topological polar surface area (TPSA) is 113 Å². The van der Waals surface area contributed by atoms with Gasteiger partial charge in [-0.2, -0.15) is 0 Å². The number of nitrogens with zero attached hydrogens (tertiary/aromatic N) is 3. The summed E-state index contributed by atoms with van der Waals surface area (Å²) in [5, 5.41) is 6.12. The van der Waals surface area contributed by atoms with Crippen LogP contribution in [0.4, 0.5) is 16.2 Å². The predicted octanol–water partition coefficient (Wildman–Crippen LogP) is 4.00. The molecule has 0 saturated carbocycles. The van der Waals surface area contributed by atoms with E-state index in [4.69, 9.17) is 10.3 Å². The maximum Gasteiger partial charge on any atom is 0.412 e. The van der Waals surface area contributed by atoms with Crippen LogP contribution in [0.2, 0.25) is 0 Å². The molecule has 124 valence electrons. The van der Waals surface area contributed by atoms with Gasteiger partial charge in [0.15, 0.2) is 0 Å². The van der Waals surface area contributed by atoms with Crippen molar-refractivity contribution >= 4 is 23.4 Å². The molecule has 0 aliphatic carbocycles. The Morgan fingerprint density at radius 3 is 2.52 bits per heavy atom. The van der Waals surface area contributed by atoms with Crippen LogP contribution >= 0.6 is 0 Å². The van der Waals surface area contributed by atoms with Crippen molar-refractivity contribution in [2.75, 3.05) is 12.4 Å². The van der Waals surface area contributed by atoms with Gasteiger partial charge in [0.25, 0.3) is 0 Å². The van der Waals surface area contributed by atoms with Crippen LogP contribution < -0.4 is 5.32 Å². The van der Waals surface area contributed by atoms with E-state index in [1.807, 2.05) is 0 Å². The molecule has 0 radical (unpaired) electrons. The Morgan fingerprint density at radius 1 is 1.35 bits per heavy atom. The van der Waals surface area contributed by atoms with Crippen LogP contribution in [0.3, 0.4) is 0 Å². The highest BCUT2D eigenvalue weighted by Crippen LogP contribution is 2.28. The fourth-order valence-electron chi connectivity index (χ4n) is 1.82. The first-order valence-electron chi connectivity index (χ1n) is 6.91. The summed E-state index contributed by atoms with van der Waals surface area (Å²) < 4.78 is 9.83. The number of anilines is 1. The molecule has 0 aliphatic rings. The van der Waals surface area contributed by atoms with Crippen LogP contribution in [0.1, 0.15) is 31.9 Å². The smallest absolute Gasteiger partial charge is 0.412 e. The summed E-state index contributed by atoms with van der Waals surface area (Å²) in [6.45, 7) is 6.99. The number of rotatable bonds is 4. The second-order valence-corrected chi connectivity index (χ2v) is 5.85. The molecular formula is C15H20N4O4. The van der Waals surface area contributed by atoms with Crippen molar-refractivity contribution in [3.63, 3.8) is 0 Å². The monoisotopic (exact) mass is 320 g/mol. The number of benzene rings is 1. The largest absolute Gasteiger partial charge is 0.469 e. The van der Waals surface area contributed by atoms with E-state index in [0.717, 1.165) is 0 Å². The lowest BCUT2D eigenvalue weighted by atomic mass is 10.0. The fourth-order valence-corrected chi connectivity index (χ4v) is 1.82. The number of amides is 1. The second kappa shape index (κ2) is 7.51. The molecule has 0 unspecified atom stereocenters. The van der Waals surface area contributed by atoms with Crippen LogP contribution in [0.5, 0.6) is 0 Å². The molecule has 0 aromatic heterocycles. The maximum absolute atomic E-state index is 11.9. The average molecular weight is 320 g/mol. The highest BCUT2D eigenvalue weighted by molar-refractivity contribution is 5.87. The van der Waals surface area contributed by atoms with Crippen LogP contribution in [-0.4, -0.2) is 24.8 Å². The Hall–Kier alpha value is -2.73. The van der Waals surface area contributed by atoms with Gasteiger partial charge in [-0.1, -0.05) is 5.11 Å². The first kappa shape index (κ1) is 18.3. The number of methoxy groups -OCH3 is 1. The third-order valence-corrected chi connectivity index (χ3v) is 2.86. The van der Waals surface area contributed by atoms with Gasteiger partial charge in [0.1, 0.15) is 5.60 Å². The zero-order valence-electron chi connectivity index (χ0n) is 13.8. The fraction of sp³-hybridized carbons (Fsp3) is 0.467. The lowest BCUT2D eigenvalue weighted by molar-refractivity contribution is -0.139. The number of esters is 1. The van der Waals surface area contributed by atoms with Gasteiger partial charge in [-0.3, -0.25) is 10.1 Å². The first-order chi connectivity index (χ1) is 10.7. The van der Waals surface area contributed by atoms with Gasteiger partial charge in [0, 0.05) is 16.3 Å². The van der Waals surface area contributed by atoms with E-state index in [1.165, 1.54) is 13.2 Å². The molecule has 8 nitrogen and oxygen atoms in total. The SMILES string of the molecule is COC(=O)Cc1cc(N=[N+]=[N-])cc(NC(=O)OC(C)(C)C)c1C. The molecule has 0 heterocycles. The lowest BCUT2D eigenvalue weighted by Crippen LogP contribution is -2.27. The Bertz CT molecular complexity index is 658. The number of hydrogen-bond donors (Lipinski definition) is 1. The summed E-state index contributed by atoms with van der Waals surface area (Å²) in [4.78, 5) is 26.1. The minimum absolute atomic E-state index is 0.000119. The highest BCUT2D eigenvalue weighted by atomic mass is 16.6. The second-order valence-electron chi connectivity index (χ2n) is 5.85. The maximum atomic E-state index is 11.9. The van der Waals surface area contributed by atoms with Crippen LogP contribution in [0, 0.1) is 6.92 Å². The number of carbonyl (C=O) groups excluding carboxylic acids is 2. The molecule has 0 bridgehead atoms. The van der Waals surface area contributed by atoms with E-state index in [1.54, 1.807) is 33.8 Å². The Labute approximate surface area is 134 Å². The van der Waals surface area contributed by atoms with E-state index in [9.17, 15) is 9.59 Å². The van der Waals surface area contributed by atoms with Gasteiger partial charge >= 0.3 is 12.1 Å². The van der Waals surface area contributed by atoms with E-state index in [2.05, 4.69) is 20.1 Å². The summed E-state index contributed by atoms with van der Waals surface area (Å²) in [5.41, 5.74) is 9.89. The number of hydrogen-bond acceptors (Lipinski definition) is 5. The van der Waals surface area contributed by atoms with Crippen LogP contribution in [0.25, 0.3) is 10.4 Å². The minimum Gasteiger partial charge on any atom is -0.469 e. The summed E-state index contributed by atoms with van der Waals surface area (Å²) in [6, 6.07) is 3.09. The van der Waals surface area contributed by atoms with Crippen molar-refractivity contribution in [2.45, 2.75) is 39.7 Å². The Balaban J connectivity index is 3.16. The van der Waals surface area contributed by atoms with Crippen molar-refractivity contribution in [3.05, 3.63) is 33.7 Å². The van der Waals surface area contributed by atoms with E-state index < -0.39 is 17.7 Å². The van der Waals surface area contributed by atoms with Crippen molar-refractivity contribution in [1.29, 1.82) is 0 Å². The van der Waals surface area contributed by atoms with Gasteiger partial charge in [-0.25, -0.2) is 4.79 Å². The molecule has 8 heteroatoms. The summed E-state index contributed by atoms with van der Waals surface area (Å²) >= 11 is 0. The third-order valence-electron chi connectivity index (χ3n) is 2.86. The standard InChI is InChI=1S/C15H20N4O4/c1-9-10(7-13(20)22-5)6-11(18-19-16)8-12(9)17-14(21)23-15(2,3)4/h6,8H,7H2,1-5H3,(H,17,21). The Morgan fingerprint density at radius 2 is 2.00 bits per heavy atom. The molecule has 1 aromatic rings. The van der Waals surface area contributed by atoms with Crippen molar-refractivity contribution in [2.24, 2.45) is 5.11 Å². The molecule has 1 N–H and O–H groups in total. The number of ether oxygens (including phenoxy) is 2. The molecule has 0 saturated heterocycles. The molecule has 23 heavy (non-hydrogen) atoms. The lowest BCUT2D eigenvalue weighted by Gasteiger charge is -2.21. The summed E-state index contributed by atoms with van der Waals surface area (Å²) in [7, 11) is 1.29. The average Bonchev–Trinajstić information content (AvgIpc) is 2.41. The number of nitrogens with one attached hydrogen (secondary N) is 1. The van der Waals surface area contributed by atoms with Gasteiger partial charge in [0.05, 0.1) is 13.5 Å². The zero-order valence-corrected chi connectivity index (χ0v) is 13.8. The van der Waals surface area contributed by atoms with Gasteiger partial charge in [-0.15, -0.1) is 0 Å². The number of azide groups is 1. The van der Waals surface area contributed by atoms with Gasteiger partial charge in [0.2, 0.25) is 0 Å². The molecule has 0 fully saturated rings. The molecule has 0 aliphatic heterocycles. The molecule has 1 aromatic carbocycles. The van der Waals surface area contributed by atoms with E-state index in [0.29, 0.717) is 16.8 Å². The van der Waals surface area contributed by atoms with Crippen molar-refractivity contribution < 1.29 is 19.1 Å². The molecule has 1 amide bonds.